The summed E-state index contributed by atoms with van der Waals surface area (Å²) in [5, 5.41) is 20.0. The molecular formula is C14H12BrNO4. The van der Waals surface area contributed by atoms with Crippen LogP contribution >= 0.6 is 15.9 Å². The molecule has 2 aromatic rings. The topological polar surface area (TPSA) is 72.6 Å². The summed E-state index contributed by atoms with van der Waals surface area (Å²) in [5.74, 6) is 1.03. The molecule has 1 N–H and O–H groups in total. The highest BCUT2D eigenvalue weighted by Gasteiger charge is 2.12. The third kappa shape index (κ3) is 3.15. The zero-order valence-corrected chi connectivity index (χ0v) is 12.3. The van der Waals surface area contributed by atoms with Gasteiger partial charge in [0.1, 0.15) is 11.5 Å². The zero-order chi connectivity index (χ0) is 14.7. The number of nitro groups is 1. The van der Waals surface area contributed by atoms with Crippen molar-refractivity contribution in [2.75, 3.05) is 0 Å². The van der Waals surface area contributed by atoms with E-state index in [1.54, 1.807) is 6.07 Å². The standard InChI is InChI=1S/C14H12BrNO4/c1-9-2-3-11(15)7-14(9)20-13-5-4-12(16(18)19)6-10(13)8-17/h2-7,17H,8H2,1H3. The van der Waals surface area contributed by atoms with Gasteiger partial charge >= 0.3 is 0 Å². The van der Waals surface area contributed by atoms with Gasteiger partial charge in [-0.3, -0.25) is 10.1 Å². The van der Waals surface area contributed by atoms with Gasteiger partial charge in [-0.05, 0) is 30.7 Å². The Labute approximate surface area is 124 Å². The number of rotatable bonds is 4. The van der Waals surface area contributed by atoms with E-state index in [1.807, 2.05) is 19.1 Å². The molecular weight excluding hydrogens is 326 g/mol. The summed E-state index contributed by atoms with van der Waals surface area (Å²) in [4.78, 5) is 10.2. The molecule has 5 nitrogen and oxygen atoms in total. The molecule has 0 fully saturated rings. The maximum atomic E-state index is 10.7. The third-order valence-electron chi connectivity index (χ3n) is 2.80. The molecule has 0 aliphatic rings. The number of benzene rings is 2. The predicted molar refractivity (Wildman–Crippen MR) is 78.0 cm³/mol. The minimum atomic E-state index is -0.507. The van der Waals surface area contributed by atoms with Crippen LogP contribution in [0.2, 0.25) is 0 Å². The van der Waals surface area contributed by atoms with Crippen LogP contribution in [-0.4, -0.2) is 10.0 Å². The number of aliphatic hydroxyl groups excluding tert-OH is 1. The lowest BCUT2D eigenvalue weighted by atomic mass is 10.2. The highest BCUT2D eigenvalue weighted by Crippen LogP contribution is 2.32. The SMILES string of the molecule is Cc1ccc(Br)cc1Oc1ccc([N+](=O)[O-])cc1CO. The number of halogens is 1. The number of non-ortho nitro benzene ring substituents is 1. The van der Waals surface area contributed by atoms with Crippen LogP contribution in [0.5, 0.6) is 11.5 Å². The fraction of sp³-hybridized carbons (Fsp3) is 0.143. The van der Waals surface area contributed by atoms with E-state index in [9.17, 15) is 15.2 Å². The van der Waals surface area contributed by atoms with E-state index < -0.39 is 4.92 Å². The van der Waals surface area contributed by atoms with Crippen LogP contribution in [0.4, 0.5) is 5.69 Å². The highest BCUT2D eigenvalue weighted by atomic mass is 79.9. The third-order valence-corrected chi connectivity index (χ3v) is 3.29. The van der Waals surface area contributed by atoms with Gasteiger partial charge in [-0.2, -0.15) is 0 Å². The molecule has 0 radical (unpaired) electrons. The molecule has 104 valence electrons. The van der Waals surface area contributed by atoms with Crippen molar-refractivity contribution >= 4 is 21.6 Å². The van der Waals surface area contributed by atoms with Crippen molar-refractivity contribution in [2.45, 2.75) is 13.5 Å². The van der Waals surface area contributed by atoms with Crippen LogP contribution in [0.15, 0.2) is 40.9 Å². The summed E-state index contributed by atoms with van der Waals surface area (Å²) in [5.41, 5.74) is 1.22. The maximum Gasteiger partial charge on any atom is 0.270 e. The summed E-state index contributed by atoms with van der Waals surface area (Å²) in [6, 6.07) is 9.74. The first-order valence-corrected chi connectivity index (χ1v) is 6.62. The minimum absolute atomic E-state index is 0.0765. The average molecular weight is 338 g/mol. The van der Waals surface area contributed by atoms with Crippen molar-refractivity contribution in [3.8, 4) is 11.5 Å². The van der Waals surface area contributed by atoms with E-state index in [4.69, 9.17) is 4.74 Å². The molecule has 2 rings (SSSR count). The van der Waals surface area contributed by atoms with Crippen molar-refractivity contribution in [1.29, 1.82) is 0 Å². The number of hydrogen-bond donors (Lipinski definition) is 1. The van der Waals surface area contributed by atoms with Crippen LogP contribution in [0.25, 0.3) is 0 Å². The fourth-order valence-corrected chi connectivity index (χ4v) is 2.04. The molecule has 0 spiro atoms. The molecule has 0 amide bonds. The number of aryl methyl sites for hydroxylation is 1. The smallest absolute Gasteiger partial charge is 0.270 e. The average Bonchev–Trinajstić information content (AvgIpc) is 2.43. The minimum Gasteiger partial charge on any atom is -0.457 e. The van der Waals surface area contributed by atoms with Crippen molar-refractivity contribution in [1.82, 2.24) is 0 Å². The summed E-state index contributed by atoms with van der Waals surface area (Å²) in [6.07, 6.45) is 0. The van der Waals surface area contributed by atoms with E-state index in [0.717, 1.165) is 10.0 Å². The molecule has 6 heteroatoms. The molecule has 2 aromatic carbocycles. The highest BCUT2D eigenvalue weighted by molar-refractivity contribution is 9.10. The molecule has 0 aromatic heterocycles. The number of ether oxygens (including phenoxy) is 1. The Hall–Kier alpha value is -1.92. The van der Waals surface area contributed by atoms with Crippen molar-refractivity contribution in [3.05, 3.63) is 62.1 Å². The van der Waals surface area contributed by atoms with Crippen molar-refractivity contribution in [2.24, 2.45) is 0 Å². The lowest BCUT2D eigenvalue weighted by molar-refractivity contribution is -0.385. The lowest BCUT2D eigenvalue weighted by Gasteiger charge is -2.12. The molecule has 0 heterocycles. The van der Waals surface area contributed by atoms with Crippen molar-refractivity contribution < 1.29 is 14.8 Å². The Bertz CT molecular complexity index is 658. The predicted octanol–water partition coefficient (Wildman–Crippen LogP) is 3.95. The van der Waals surface area contributed by atoms with Gasteiger partial charge in [0.05, 0.1) is 11.5 Å². The Morgan fingerprint density at radius 2 is 2.00 bits per heavy atom. The molecule has 20 heavy (non-hydrogen) atoms. The van der Waals surface area contributed by atoms with Crippen molar-refractivity contribution in [3.63, 3.8) is 0 Å². The van der Waals surface area contributed by atoms with E-state index >= 15 is 0 Å². The van der Waals surface area contributed by atoms with Gasteiger partial charge in [0.2, 0.25) is 0 Å². The van der Waals surface area contributed by atoms with E-state index in [1.165, 1.54) is 18.2 Å². The van der Waals surface area contributed by atoms with E-state index in [-0.39, 0.29) is 12.3 Å². The number of hydrogen-bond acceptors (Lipinski definition) is 4. The molecule has 0 saturated carbocycles. The molecule has 0 aliphatic carbocycles. The Morgan fingerprint density at radius 3 is 2.65 bits per heavy atom. The van der Waals surface area contributed by atoms with Crippen LogP contribution in [0.1, 0.15) is 11.1 Å². The Balaban J connectivity index is 2.38. The summed E-state index contributed by atoms with van der Waals surface area (Å²) >= 11 is 3.36. The first kappa shape index (κ1) is 14.5. The molecule has 0 atom stereocenters. The molecule has 0 unspecified atom stereocenters. The lowest BCUT2D eigenvalue weighted by Crippen LogP contribution is -1.96. The molecule has 0 aliphatic heterocycles. The van der Waals surface area contributed by atoms with Crippen LogP contribution < -0.4 is 4.74 Å². The summed E-state index contributed by atoms with van der Waals surface area (Å²) in [6.45, 7) is 1.57. The fourth-order valence-electron chi connectivity index (χ4n) is 1.70. The largest absolute Gasteiger partial charge is 0.457 e. The normalized spacial score (nSPS) is 10.3. The van der Waals surface area contributed by atoms with E-state index in [0.29, 0.717) is 17.1 Å². The van der Waals surface area contributed by atoms with Crippen LogP contribution in [0.3, 0.4) is 0 Å². The molecule has 0 saturated heterocycles. The second-order valence-corrected chi connectivity index (χ2v) is 5.13. The number of nitrogens with zero attached hydrogens (tertiary/aromatic N) is 1. The summed E-state index contributed by atoms with van der Waals surface area (Å²) < 4.78 is 6.60. The Morgan fingerprint density at radius 1 is 1.25 bits per heavy atom. The van der Waals surface area contributed by atoms with Gasteiger partial charge in [-0.15, -0.1) is 0 Å². The Kier molecular flexibility index (Phi) is 4.36. The monoisotopic (exact) mass is 337 g/mol. The summed E-state index contributed by atoms with van der Waals surface area (Å²) in [7, 11) is 0. The van der Waals surface area contributed by atoms with Crippen LogP contribution in [0, 0.1) is 17.0 Å². The second kappa shape index (κ2) is 6.02. The number of nitro benzene ring substituents is 1. The number of aliphatic hydroxyl groups is 1. The molecule has 0 bridgehead atoms. The van der Waals surface area contributed by atoms with Gasteiger partial charge in [0.15, 0.2) is 0 Å². The zero-order valence-electron chi connectivity index (χ0n) is 10.7. The van der Waals surface area contributed by atoms with Gasteiger partial charge in [0.25, 0.3) is 5.69 Å². The van der Waals surface area contributed by atoms with Crippen LogP contribution in [-0.2, 0) is 6.61 Å². The van der Waals surface area contributed by atoms with Gasteiger partial charge < -0.3 is 9.84 Å². The van der Waals surface area contributed by atoms with Gasteiger partial charge in [-0.1, -0.05) is 22.0 Å². The first-order valence-electron chi connectivity index (χ1n) is 5.83. The maximum absolute atomic E-state index is 10.7. The first-order chi connectivity index (χ1) is 9.51. The van der Waals surface area contributed by atoms with Gasteiger partial charge in [-0.25, -0.2) is 0 Å². The second-order valence-electron chi connectivity index (χ2n) is 4.22. The van der Waals surface area contributed by atoms with E-state index in [2.05, 4.69) is 15.9 Å². The quantitative estimate of drug-likeness (QED) is 0.677. The van der Waals surface area contributed by atoms with Gasteiger partial charge in [0, 0.05) is 22.2 Å².